The van der Waals surface area contributed by atoms with E-state index >= 15 is 0 Å². The fourth-order valence-electron chi connectivity index (χ4n) is 3.65. The Morgan fingerprint density at radius 3 is 2.36 bits per heavy atom. The zero-order valence-corrected chi connectivity index (χ0v) is 16.0. The molecule has 5 heteroatoms. The molecule has 1 aliphatic rings. The van der Waals surface area contributed by atoms with Crippen molar-refractivity contribution in [1.82, 2.24) is 0 Å². The predicted octanol–water partition coefficient (Wildman–Crippen LogP) is 6.33. The van der Waals surface area contributed by atoms with Crippen LogP contribution >= 0.6 is 0 Å². The van der Waals surface area contributed by atoms with Gasteiger partial charge in [0.25, 0.3) is 0 Å². The molecule has 2 aromatic carbocycles. The van der Waals surface area contributed by atoms with Crippen molar-refractivity contribution in [2.24, 2.45) is 5.92 Å². The number of aryl methyl sites for hydroxylation is 1. The Labute approximate surface area is 164 Å². The van der Waals surface area contributed by atoms with E-state index in [9.17, 15) is 13.2 Å². The molecule has 0 amide bonds. The Morgan fingerprint density at radius 2 is 1.68 bits per heavy atom. The molecule has 0 heterocycles. The second-order valence-corrected chi connectivity index (χ2v) is 7.33. The summed E-state index contributed by atoms with van der Waals surface area (Å²) in [4.78, 5) is 0. The van der Waals surface area contributed by atoms with Gasteiger partial charge in [-0.3, -0.25) is 0 Å². The number of rotatable bonds is 7. The Morgan fingerprint density at radius 1 is 0.964 bits per heavy atom. The van der Waals surface area contributed by atoms with Crippen LogP contribution in [0.1, 0.15) is 42.7 Å². The van der Waals surface area contributed by atoms with Crippen molar-refractivity contribution < 1.29 is 22.6 Å². The highest BCUT2D eigenvalue weighted by molar-refractivity contribution is 5.32. The summed E-state index contributed by atoms with van der Waals surface area (Å²) < 4.78 is 52.5. The summed E-state index contributed by atoms with van der Waals surface area (Å²) in [6.07, 6.45) is 5.19. The van der Waals surface area contributed by atoms with Crippen LogP contribution in [0.2, 0.25) is 0 Å². The van der Waals surface area contributed by atoms with Crippen molar-refractivity contribution in [2.75, 3.05) is 13.2 Å². The second-order valence-electron chi connectivity index (χ2n) is 7.33. The Kier molecular flexibility index (Phi) is 6.65. The van der Waals surface area contributed by atoms with Crippen LogP contribution in [0.5, 0.6) is 11.5 Å². The molecule has 0 aliphatic heterocycles. The van der Waals surface area contributed by atoms with E-state index in [4.69, 9.17) is 9.47 Å². The highest BCUT2D eigenvalue weighted by Gasteiger charge is 2.24. The maximum atomic E-state index is 14.2. The fourth-order valence-corrected chi connectivity index (χ4v) is 3.65. The van der Waals surface area contributed by atoms with E-state index < -0.39 is 11.6 Å². The molecule has 2 aromatic rings. The Balaban J connectivity index is 1.53. The highest BCUT2D eigenvalue weighted by Crippen LogP contribution is 2.37. The van der Waals surface area contributed by atoms with E-state index in [2.05, 4.69) is 6.58 Å². The van der Waals surface area contributed by atoms with Crippen LogP contribution in [0.3, 0.4) is 0 Å². The third-order valence-corrected chi connectivity index (χ3v) is 5.35. The lowest BCUT2D eigenvalue weighted by atomic mass is 9.79. The number of ether oxygens (including phenoxy) is 2. The van der Waals surface area contributed by atoms with Gasteiger partial charge < -0.3 is 9.47 Å². The zero-order valence-electron chi connectivity index (χ0n) is 16.0. The van der Waals surface area contributed by atoms with Gasteiger partial charge in [0.2, 0.25) is 5.82 Å². The van der Waals surface area contributed by atoms with Gasteiger partial charge in [0.05, 0.1) is 6.61 Å². The van der Waals surface area contributed by atoms with Crippen molar-refractivity contribution in [3.05, 3.63) is 71.6 Å². The van der Waals surface area contributed by atoms with Crippen LogP contribution in [0.4, 0.5) is 13.2 Å². The fraction of sp³-hybridized carbons (Fsp3) is 0.391. The van der Waals surface area contributed by atoms with Crippen LogP contribution in [0.25, 0.3) is 0 Å². The number of hydrogen-bond acceptors (Lipinski definition) is 2. The van der Waals surface area contributed by atoms with Crippen molar-refractivity contribution in [3.63, 3.8) is 0 Å². The average molecular weight is 390 g/mol. The van der Waals surface area contributed by atoms with Crippen LogP contribution in [-0.4, -0.2) is 13.2 Å². The zero-order chi connectivity index (χ0) is 20.1. The minimum atomic E-state index is -0.928. The largest absolute Gasteiger partial charge is 0.490 e. The number of halogens is 3. The van der Waals surface area contributed by atoms with Crippen molar-refractivity contribution in [1.29, 1.82) is 0 Å². The normalized spacial score (nSPS) is 19.3. The van der Waals surface area contributed by atoms with Gasteiger partial charge in [0.1, 0.15) is 6.61 Å². The van der Waals surface area contributed by atoms with E-state index in [1.807, 2.05) is 6.07 Å². The van der Waals surface area contributed by atoms with E-state index in [-0.39, 0.29) is 41.3 Å². The molecule has 150 valence electrons. The van der Waals surface area contributed by atoms with Gasteiger partial charge in [0, 0.05) is 0 Å². The molecule has 0 bridgehead atoms. The Bertz CT molecular complexity index is 827. The topological polar surface area (TPSA) is 18.5 Å². The van der Waals surface area contributed by atoms with Gasteiger partial charge in [-0.25, -0.2) is 8.78 Å². The minimum absolute atomic E-state index is 0.0394. The van der Waals surface area contributed by atoms with Crippen molar-refractivity contribution in [2.45, 2.75) is 38.5 Å². The molecule has 0 aromatic heterocycles. The summed E-state index contributed by atoms with van der Waals surface area (Å²) in [5.41, 5.74) is 1.23. The van der Waals surface area contributed by atoms with Crippen molar-refractivity contribution in [3.8, 4) is 11.5 Å². The first-order valence-corrected chi connectivity index (χ1v) is 9.60. The van der Waals surface area contributed by atoms with Gasteiger partial charge >= 0.3 is 0 Å². The predicted molar refractivity (Wildman–Crippen MR) is 103 cm³/mol. The summed E-state index contributed by atoms with van der Waals surface area (Å²) in [6.45, 7) is 5.70. The SMILES string of the molecule is C=CCOc1ccc(C2CCC(COc3ccc(C)c(F)c3F)CC2)cc1F. The smallest absolute Gasteiger partial charge is 0.200 e. The van der Waals surface area contributed by atoms with E-state index in [1.54, 1.807) is 18.2 Å². The molecule has 0 radical (unpaired) electrons. The maximum Gasteiger partial charge on any atom is 0.200 e. The molecule has 28 heavy (non-hydrogen) atoms. The maximum absolute atomic E-state index is 14.2. The summed E-state index contributed by atoms with van der Waals surface area (Å²) in [5, 5.41) is 0. The lowest BCUT2D eigenvalue weighted by Gasteiger charge is -2.29. The first kappa shape index (κ1) is 20.3. The molecule has 0 atom stereocenters. The molecule has 0 unspecified atom stereocenters. The van der Waals surface area contributed by atoms with Gasteiger partial charge in [0.15, 0.2) is 23.1 Å². The van der Waals surface area contributed by atoms with E-state index in [1.165, 1.54) is 19.1 Å². The van der Waals surface area contributed by atoms with Gasteiger partial charge in [-0.05, 0) is 73.8 Å². The summed E-state index contributed by atoms with van der Waals surface area (Å²) in [7, 11) is 0. The molecule has 1 fully saturated rings. The van der Waals surface area contributed by atoms with Crippen LogP contribution in [-0.2, 0) is 0 Å². The monoisotopic (exact) mass is 390 g/mol. The lowest BCUT2D eigenvalue weighted by Crippen LogP contribution is -2.19. The molecule has 0 saturated heterocycles. The molecule has 0 N–H and O–H groups in total. The molecular weight excluding hydrogens is 365 g/mol. The van der Waals surface area contributed by atoms with Crippen LogP contribution < -0.4 is 9.47 Å². The molecular formula is C23H25F3O2. The van der Waals surface area contributed by atoms with Gasteiger partial charge in [-0.2, -0.15) is 4.39 Å². The van der Waals surface area contributed by atoms with Gasteiger partial charge in [-0.1, -0.05) is 24.8 Å². The summed E-state index contributed by atoms with van der Waals surface area (Å²) >= 11 is 0. The summed E-state index contributed by atoms with van der Waals surface area (Å²) in [6, 6.07) is 8.11. The van der Waals surface area contributed by atoms with E-state index in [0.29, 0.717) is 6.61 Å². The first-order chi connectivity index (χ1) is 13.5. The molecule has 2 nitrogen and oxygen atoms in total. The third kappa shape index (κ3) is 4.70. The second kappa shape index (κ2) is 9.18. The quantitative estimate of drug-likeness (QED) is 0.514. The van der Waals surface area contributed by atoms with Gasteiger partial charge in [-0.15, -0.1) is 0 Å². The molecule has 1 saturated carbocycles. The van der Waals surface area contributed by atoms with E-state index in [0.717, 1.165) is 31.2 Å². The third-order valence-electron chi connectivity index (χ3n) is 5.35. The summed E-state index contributed by atoms with van der Waals surface area (Å²) in [5.74, 6) is -1.39. The number of benzene rings is 2. The van der Waals surface area contributed by atoms with Crippen LogP contribution in [0, 0.1) is 30.3 Å². The molecule has 1 aliphatic carbocycles. The Hall–Kier alpha value is -2.43. The molecule has 0 spiro atoms. The first-order valence-electron chi connectivity index (χ1n) is 9.60. The highest BCUT2D eigenvalue weighted by atomic mass is 19.2. The standard InChI is InChI=1S/C23H25F3O2/c1-3-12-27-20-11-9-18(13-19(20)24)17-7-5-16(6-8-17)14-28-21-10-4-15(2)22(25)23(21)26/h3-4,9-11,13,16-17H,1,5-8,12,14H2,2H3. The number of hydrogen-bond donors (Lipinski definition) is 0. The lowest BCUT2D eigenvalue weighted by molar-refractivity contribution is 0.192. The average Bonchev–Trinajstić information content (AvgIpc) is 2.71. The van der Waals surface area contributed by atoms with Crippen molar-refractivity contribution >= 4 is 0 Å². The molecule has 3 rings (SSSR count). The minimum Gasteiger partial charge on any atom is -0.490 e. The van der Waals surface area contributed by atoms with Crippen LogP contribution in [0.15, 0.2) is 43.0 Å².